The van der Waals surface area contributed by atoms with Crippen molar-refractivity contribution in [2.45, 2.75) is 10.1 Å². The van der Waals surface area contributed by atoms with E-state index in [2.05, 4.69) is 12.0 Å². The number of hydrogen-bond acceptors (Lipinski definition) is 6. The molecular weight excluding hydrogens is 422 g/mol. The van der Waals surface area contributed by atoms with Crippen molar-refractivity contribution in [1.82, 2.24) is 9.97 Å². The van der Waals surface area contributed by atoms with E-state index in [1.165, 1.54) is 29.2 Å². The topological polar surface area (TPSA) is 91.4 Å². The standard InChI is InChI=1S/C21H20ClN5O2S/c1-26-10-12-27(13-11-26)21-20(24-17-4-2-3-5-18(17)25-21)19(14-23)30(28,29)16-8-6-15(22)7-9-16/h2-9,19H,10-13H2,1H3/p+1/t19-/m0/s1. The first-order valence-corrected chi connectivity index (χ1v) is 11.5. The fraction of sp³-hybridized carbons (Fsp3) is 0.286. The molecule has 9 heteroatoms. The molecule has 0 unspecified atom stereocenters. The molecule has 1 fully saturated rings. The highest BCUT2D eigenvalue weighted by Gasteiger charge is 2.35. The molecule has 1 aliphatic rings. The van der Waals surface area contributed by atoms with Gasteiger partial charge in [0.05, 0.1) is 55.2 Å². The third-order valence-electron chi connectivity index (χ3n) is 5.31. The highest BCUT2D eigenvalue weighted by Crippen LogP contribution is 2.34. The minimum Gasteiger partial charge on any atom is -0.344 e. The summed E-state index contributed by atoms with van der Waals surface area (Å²) in [6.45, 7) is 3.22. The number of hydrogen-bond donors (Lipinski definition) is 1. The van der Waals surface area contributed by atoms with Crippen molar-refractivity contribution in [3.63, 3.8) is 0 Å². The number of anilines is 1. The van der Waals surface area contributed by atoms with Gasteiger partial charge in [0.15, 0.2) is 11.1 Å². The molecule has 0 saturated carbocycles. The zero-order valence-corrected chi connectivity index (χ0v) is 18.0. The van der Waals surface area contributed by atoms with E-state index in [0.717, 1.165) is 13.1 Å². The highest BCUT2D eigenvalue weighted by atomic mass is 35.5. The lowest BCUT2D eigenvalue weighted by atomic mass is 10.2. The van der Waals surface area contributed by atoms with E-state index in [4.69, 9.17) is 16.6 Å². The summed E-state index contributed by atoms with van der Waals surface area (Å²) in [7, 11) is -1.90. The number of para-hydroxylation sites is 2. The molecular formula is C21H21ClN5O2S+. The first-order valence-electron chi connectivity index (χ1n) is 9.62. The van der Waals surface area contributed by atoms with Crippen LogP contribution < -0.4 is 9.80 Å². The van der Waals surface area contributed by atoms with Gasteiger partial charge in [-0.3, -0.25) is 0 Å². The zero-order chi connectivity index (χ0) is 21.3. The Kier molecular flexibility index (Phi) is 5.60. The fourth-order valence-corrected chi connectivity index (χ4v) is 5.06. The number of sulfone groups is 1. The molecule has 0 bridgehead atoms. The molecule has 0 aliphatic carbocycles. The van der Waals surface area contributed by atoms with Crippen molar-refractivity contribution in [2.75, 3.05) is 38.1 Å². The van der Waals surface area contributed by atoms with Gasteiger partial charge >= 0.3 is 0 Å². The summed E-state index contributed by atoms with van der Waals surface area (Å²) in [5.74, 6) is 0.463. The average Bonchev–Trinajstić information content (AvgIpc) is 2.74. The Bertz CT molecular complexity index is 1220. The van der Waals surface area contributed by atoms with Crippen LogP contribution in [0.5, 0.6) is 0 Å². The van der Waals surface area contributed by atoms with E-state index < -0.39 is 15.1 Å². The van der Waals surface area contributed by atoms with Crippen molar-refractivity contribution in [2.24, 2.45) is 0 Å². The molecule has 2 aromatic carbocycles. The number of nitriles is 1. The maximum Gasteiger partial charge on any atom is 0.200 e. The summed E-state index contributed by atoms with van der Waals surface area (Å²) in [5, 5.41) is 8.87. The highest BCUT2D eigenvalue weighted by molar-refractivity contribution is 7.92. The van der Waals surface area contributed by atoms with Crippen LogP contribution in [0.4, 0.5) is 5.82 Å². The molecule has 7 nitrogen and oxygen atoms in total. The lowest BCUT2D eigenvalue weighted by molar-refractivity contribution is -0.880. The SMILES string of the molecule is C[NH+]1CCN(c2nc3ccccc3nc2[C@H](C#N)S(=O)(=O)c2ccc(Cl)cc2)CC1. The molecule has 0 radical (unpaired) electrons. The minimum atomic E-state index is -4.02. The molecule has 4 rings (SSSR count). The summed E-state index contributed by atoms with van der Waals surface area (Å²) in [6, 6.07) is 15.1. The second-order valence-corrected chi connectivity index (χ2v) is 9.84. The van der Waals surface area contributed by atoms with Gasteiger partial charge in [-0.1, -0.05) is 23.7 Å². The fourth-order valence-electron chi connectivity index (χ4n) is 3.55. The van der Waals surface area contributed by atoms with E-state index in [-0.39, 0.29) is 10.6 Å². The number of quaternary nitrogens is 1. The molecule has 2 heterocycles. The number of fused-ring (bicyclic) bond motifs is 1. The average molecular weight is 443 g/mol. The zero-order valence-electron chi connectivity index (χ0n) is 16.4. The van der Waals surface area contributed by atoms with E-state index in [1.807, 2.05) is 29.2 Å². The van der Waals surface area contributed by atoms with Gasteiger partial charge in [-0.15, -0.1) is 0 Å². The maximum atomic E-state index is 13.3. The maximum absolute atomic E-state index is 13.3. The Labute approximate surface area is 180 Å². The number of nitrogens with zero attached hydrogens (tertiary/aromatic N) is 4. The van der Waals surface area contributed by atoms with Crippen LogP contribution in [0, 0.1) is 11.3 Å². The van der Waals surface area contributed by atoms with Crippen molar-refractivity contribution in [3.8, 4) is 6.07 Å². The summed E-state index contributed by atoms with van der Waals surface area (Å²) in [4.78, 5) is 12.8. The number of aromatic nitrogens is 2. The molecule has 1 aliphatic heterocycles. The van der Waals surface area contributed by atoms with E-state index in [9.17, 15) is 13.7 Å². The van der Waals surface area contributed by atoms with Crippen LogP contribution in [0.15, 0.2) is 53.4 Å². The molecule has 1 N–H and O–H groups in total. The van der Waals surface area contributed by atoms with Gasteiger partial charge < -0.3 is 9.80 Å². The van der Waals surface area contributed by atoms with Gasteiger partial charge in [-0.2, -0.15) is 5.26 Å². The molecule has 1 aromatic heterocycles. The third kappa shape index (κ3) is 3.84. The van der Waals surface area contributed by atoms with Crippen LogP contribution in [0.25, 0.3) is 11.0 Å². The van der Waals surface area contributed by atoms with E-state index >= 15 is 0 Å². The largest absolute Gasteiger partial charge is 0.344 e. The summed E-state index contributed by atoms with van der Waals surface area (Å²) in [6.07, 6.45) is 0. The molecule has 0 spiro atoms. The quantitative estimate of drug-likeness (QED) is 0.660. The molecule has 154 valence electrons. The van der Waals surface area contributed by atoms with Crippen molar-refractivity contribution < 1.29 is 13.3 Å². The van der Waals surface area contributed by atoms with E-state index in [1.54, 1.807) is 6.07 Å². The van der Waals surface area contributed by atoms with Gasteiger partial charge in [0, 0.05) is 5.02 Å². The molecule has 1 saturated heterocycles. The van der Waals surface area contributed by atoms with Crippen LogP contribution in [0.1, 0.15) is 10.9 Å². The summed E-state index contributed by atoms with van der Waals surface area (Å²) >= 11 is 5.91. The van der Waals surface area contributed by atoms with Crippen LogP contribution in [-0.4, -0.2) is 51.6 Å². The normalized spacial score (nSPS) is 16.4. The predicted molar refractivity (Wildman–Crippen MR) is 115 cm³/mol. The Morgan fingerprint density at radius 2 is 1.67 bits per heavy atom. The van der Waals surface area contributed by atoms with Gasteiger partial charge in [-0.25, -0.2) is 18.4 Å². The summed E-state index contributed by atoms with van der Waals surface area (Å²) in [5.41, 5.74) is 1.40. The second-order valence-electron chi connectivity index (χ2n) is 7.37. The van der Waals surface area contributed by atoms with Gasteiger partial charge in [0.1, 0.15) is 5.69 Å². The number of nitrogens with one attached hydrogen (secondary N) is 1. The monoisotopic (exact) mass is 442 g/mol. The number of rotatable bonds is 4. The van der Waals surface area contributed by atoms with Crippen LogP contribution in [-0.2, 0) is 9.84 Å². The first kappa shape index (κ1) is 20.5. The van der Waals surface area contributed by atoms with E-state index in [0.29, 0.717) is 35.0 Å². The van der Waals surface area contributed by atoms with Crippen LogP contribution in [0.2, 0.25) is 5.02 Å². The molecule has 1 atom stereocenters. The molecule has 0 amide bonds. The molecule has 30 heavy (non-hydrogen) atoms. The van der Waals surface area contributed by atoms with Gasteiger partial charge in [0.25, 0.3) is 0 Å². The van der Waals surface area contributed by atoms with Gasteiger partial charge in [-0.05, 0) is 36.4 Å². The predicted octanol–water partition coefficient (Wildman–Crippen LogP) is 1.66. The number of piperazine rings is 1. The number of benzene rings is 2. The Hall–Kier alpha value is -2.73. The Morgan fingerprint density at radius 3 is 2.27 bits per heavy atom. The number of halogens is 1. The van der Waals surface area contributed by atoms with Crippen LogP contribution in [0.3, 0.4) is 0 Å². The van der Waals surface area contributed by atoms with Crippen LogP contribution >= 0.6 is 11.6 Å². The second kappa shape index (κ2) is 8.19. The van der Waals surface area contributed by atoms with Crippen molar-refractivity contribution in [1.29, 1.82) is 5.26 Å². The number of likely N-dealkylation sites (N-methyl/N-ethyl adjacent to an activating group) is 1. The minimum absolute atomic E-state index is 0.0298. The van der Waals surface area contributed by atoms with Crippen molar-refractivity contribution in [3.05, 3.63) is 59.2 Å². The summed E-state index contributed by atoms with van der Waals surface area (Å²) < 4.78 is 26.7. The Balaban J connectivity index is 1.87. The smallest absolute Gasteiger partial charge is 0.200 e. The lowest BCUT2D eigenvalue weighted by Gasteiger charge is -2.32. The lowest BCUT2D eigenvalue weighted by Crippen LogP contribution is -3.12. The first-order chi connectivity index (χ1) is 14.4. The van der Waals surface area contributed by atoms with Crippen molar-refractivity contribution >= 4 is 38.3 Å². The Morgan fingerprint density at radius 1 is 1.07 bits per heavy atom. The molecule has 3 aromatic rings. The van der Waals surface area contributed by atoms with Gasteiger partial charge in [0.2, 0.25) is 9.84 Å². The third-order valence-corrected chi connectivity index (χ3v) is 7.44.